The molecule has 1 aliphatic rings. The third-order valence-corrected chi connectivity index (χ3v) is 6.52. The quantitative estimate of drug-likeness (QED) is 0.534. The molecular formula is C27H29ClN4O2. The molecule has 0 radical (unpaired) electrons. The molecule has 0 saturated carbocycles. The third-order valence-electron chi connectivity index (χ3n) is 6.26. The van der Waals surface area contributed by atoms with E-state index in [2.05, 4.69) is 33.8 Å². The van der Waals surface area contributed by atoms with Crippen LogP contribution in [0, 0.1) is 0 Å². The van der Waals surface area contributed by atoms with Gasteiger partial charge in [-0.3, -0.25) is 9.78 Å². The molecule has 7 heteroatoms. The van der Waals surface area contributed by atoms with Gasteiger partial charge in [-0.2, -0.15) is 0 Å². The number of benzene rings is 2. The van der Waals surface area contributed by atoms with Gasteiger partial charge in [-0.05, 0) is 66.6 Å². The van der Waals surface area contributed by atoms with Crippen molar-refractivity contribution in [3.63, 3.8) is 0 Å². The molecule has 6 nitrogen and oxygen atoms in total. The van der Waals surface area contributed by atoms with Crippen molar-refractivity contribution in [1.82, 2.24) is 20.5 Å². The van der Waals surface area contributed by atoms with Crippen molar-refractivity contribution < 1.29 is 9.59 Å². The summed E-state index contributed by atoms with van der Waals surface area (Å²) in [5, 5.41) is 6.51. The van der Waals surface area contributed by atoms with Crippen LogP contribution >= 0.6 is 11.6 Å². The number of carbonyl (C=O) groups excluding carboxylic acids is 2. The predicted octanol–water partition coefficient (Wildman–Crippen LogP) is 4.85. The minimum Gasteiger partial charge on any atom is -0.348 e. The molecule has 2 N–H and O–H groups in total. The molecule has 0 fully saturated rings. The number of fused-ring (bicyclic) bond motifs is 1. The average Bonchev–Trinajstić information content (AvgIpc) is 2.87. The van der Waals surface area contributed by atoms with Gasteiger partial charge in [0, 0.05) is 43.0 Å². The highest BCUT2D eigenvalue weighted by Gasteiger charge is 2.22. The van der Waals surface area contributed by atoms with Crippen LogP contribution in [0.2, 0.25) is 5.02 Å². The van der Waals surface area contributed by atoms with Crippen molar-refractivity contribution in [2.45, 2.75) is 38.8 Å². The highest BCUT2D eigenvalue weighted by atomic mass is 35.5. The van der Waals surface area contributed by atoms with Crippen molar-refractivity contribution in [3.05, 3.63) is 88.2 Å². The largest absolute Gasteiger partial charge is 0.348 e. The Morgan fingerprint density at radius 2 is 1.82 bits per heavy atom. The van der Waals surface area contributed by atoms with Gasteiger partial charge in [-0.1, -0.05) is 48.0 Å². The van der Waals surface area contributed by atoms with E-state index >= 15 is 0 Å². The van der Waals surface area contributed by atoms with E-state index < -0.39 is 0 Å². The van der Waals surface area contributed by atoms with E-state index in [4.69, 9.17) is 11.6 Å². The van der Waals surface area contributed by atoms with E-state index in [9.17, 15) is 9.59 Å². The summed E-state index contributed by atoms with van der Waals surface area (Å²) in [6.45, 7) is 3.21. The molecule has 34 heavy (non-hydrogen) atoms. The number of nitrogens with one attached hydrogen (secondary N) is 2. The molecular weight excluding hydrogens is 448 g/mol. The molecule has 1 aromatic heterocycles. The lowest BCUT2D eigenvalue weighted by molar-refractivity contribution is 0.0928. The summed E-state index contributed by atoms with van der Waals surface area (Å²) in [4.78, 5) is 30.9. The van der Waals surface area contributed by atoms with E-state index in [1.54, 1.807) is 24.2 Å². The molecule has 1 unspecified atom stereocenters. The number of hydrogen-bond acceptors (Lipinski definition) is 3. The van der Waals surface area contributed by atoms with Crippen LogP contribution in [0.3, 0.4) is 0 Å². The van der Waals surface area contributed by atoms with Gasteiger partial charge in [0.25, 0.3) is 5.91 Å². The Bertz CT molecular complexity index is 1160. The van der Waals surface area contributed by atoms with Crippen molar-refractivity contribution in [3.8, 4) is 11.1 Å². The maximum absolute atomic E-state index is 12.8. The highest BCUT2D eigenvalue weighted by Crippen LogP contribution is 2.24. The topological polar surface area (TPSA) is 74.3 Å². The lowest BCUT2D eigenvalue weighted by Crippen LogP contribution is -2.39. The smallest absolute Gasteiger partial charge is 0.317 e. The summed E-state index contributed by atoms with van der Waals surface area (Å²) in [6.07, 6.45) is 4.27. The van der Waals surface area contributed by atoms with Gasteiger partial charge in [-0.15, -0.1) is 0 Å². The van der Waals surface area contributed by atoms with E-state index in [-0.39, 0.29) is 18.0 Å². The van der Waals surface area contributed by atoms with Crippen LogP contribution in [0.4, 0.5) is 4.79 Å². The second-order valence-electron chi connectivity index (χ2n) is 8.52. The van der Waals surface area contributed by atoms with Crippen LogP contribution in [0.25, 0.3) is 11.1 Å². The van der Waals surface area contributed by atoms with Gasteiger partial charge in [0.1, 0.15) is 5.69 Å². The number of aromatic nitrogens is 1. The minimum absolute atomic E-state index is 0.0709. The first-order valence-corrected chi connectivity index (χ1v) is 11.9. The van der Waals surface area contributed by atoms with Crippen molar-refractivity contribution in [1.29, 1.82) is 0 Å². The zero-order chi connectivity index (χ0) is 24.1. The number of urea groups is 1. The number of rotatable bonds is 6. The van der Waals surface area contributed by atoms with Gasteiger partial charge in [0.2, 0.25) is 0 Å². The van der Waals surface area contributed by atoms with Gasteiger partial charge in [0.15, 0.2) is 0 Å². The van der Waals surface area contributed by atoms with E-state index in [0.717, 1.165) is 36.0 Å². The lowest BCUT2D eigenvalue weighted by atomic mass is 9.87. The first kappa shape index (κ1) is 23.8. The van der Waals surface area contributed by atoms with E-state index in [1.807, 2.05) is 37.3 Å². The molecule has 176 valence electrons. The first-order chi connectivity index (χ1) is 16.5. The molecule has 3 amide bonds. The molecule has 0 saturated heterocycles. The summed E-state index contributed by atoms with van der Waals surface area (Å²) >= 11 is 5.96. The van der Waals surface area contributed by atoms with Crippen LogP contribution in [0.1, 0.15) is 40.5 Å². The second kappa shape index (κ2) is 10.7. The SMILES string of the molecule is CCN(Cc1ccc2c(c1)CCC(NC(=O)c1ccc(-c3ccc(Cl)cc3)cn1)C2)C(=O)NC. The number of nitrogens with zero attached hydrogens (tertiary/aromatic N) is 2. The Labute approximate surface area is 205 Å². The number of aryl methyl sites for hydroxylation is 1. The van der Waals surface area contributed by atoms with E-state index in [0.29, 0.717) is 23.8 Å². The summed E-state index contributed by atoms with van der Waals surface area (Å²) in [6, 6.07) is 17.6. The molecule has 1 atom stereocenters. The Morgan fingerprint density at radius 3 is 2.50 bits per heavy atom. The van der Waals surface area contributed by atoms with Crippen molar-refractivity contribution >= 4 is 23.5 Å². The Balaban J connectivity index is 1.37. The summed E-state index contributed by atoms with van der Waals surface area (Å²) in [5.74, 6) is -0.156. The second-order valence-corrected chi connectivity index (χ2v) is 8.96. The number of amides is 3. The standard InChI is InChI=1S/C27H29ClN4O2/c1-3-32(27(34)29-2)17-18-4-5-21-15-24(12-8-20(21)14-18)31-26(33)25-13-9-22(16-30-25)19-6-10-23(28)11-7-19/h4-7,9-11,13-14,16,24H,3,8,12,15,17H2,1-2H3,(H,29,34)(H,31,33). The zero-order valence-electron chi connectivity index (χ0n) is 19.5. The lowest BCUT2D eigenvalue weighted by Gasteiger charge is -2.27. The normalized spacial score (nSPS) is 14.7. The fourth-order valence-electron chi connectivity index (χ4n) is 4.34. The minimum atomic E-state index is -0.156. The van der Waals surface area contributed by atoms with Crippen molar-refractivity contribution in [2.24, 2.45) is 0 Å². The Hall–Kier alpha value is -3.38. The average molecular weight is 477 g/mol. The van der Waals surface area contributed by atoms with Gasteiger partial charge in [-0.25, -0.2) is 4.79 Å². The maximum atomic E-state index is 12.8. The highest BCUT2D eigenvalue weighted by molar-refractivity contribution is 6.30. The van der Waals surface area contributed by atoms with Gasteiger partial charge in [0.05, 0.1) is 0 Å². The maximum Gasteiger partial charge on any atom is 0.317 e. The van der Waals surface area contributed by atoms with Crippen LogP contribution in [0.15, 0.2) is 60.8 Å². The molecule has 3 aromatic rings. The number of pyridine rings is 1. The van der Waals surface area contributed by atoms with Crippen LogP contribution in [0.5, 0.6) is 0 Å². The molecule has 2 aromatic carbocycles. The number of halogens is 1. The predicted molar refractivity (Wildman–Crippen MR) is 135 cm³/mol. The molecule has 0 bridgehead atoms. The van der Waals surface area contributed by atoms with Crippen LogP contribution in [-0.4, -0.2) is 41.5 Å². The molecule has 0 aliphatic heterocycles. The van der Waals surface area contributed by atoms with Crippen LogP contribution in [-0.2, 0) is 19.4 Å². The van der Waals surface area contributed by atoms with Crippen LogP contribution < -0.4 is 10.6 Å². The number of carbonyl (C=O) groups is 2. The van der Waals surface area contributed by atoms with Gasteiger partial charge >= 0.3 is 6.03 Å². The number of hydrogen-bond donors (Lipinski definition) is 2. The Morgan fingerprint density at radius 1 is 1.06 bits per heavy atom. The summed E-state index contributed by atoms with van der Waals surface area (Å²) < 4.78 is 0. The zero-order valence-corrected chi connectivity index (χ0v) is 20.2. The fourth-order valence-corrected chi connectivity index (χ4v) is 4.46. The summed E-state index contributed by atoms with van der Waals surface area (Å²) in [5.41, 5.74) is 6.01. The molecule has 1 heterocycles. The molecule has 0 spiro atoms. The third kappa shape index (κ3) is 5.57. The van der Waals surface area contributed by atoms with Gasteiger partial charge < -0.3 is 15.5 Å². The Kier molecular flexibility index (Phi) is 7.48. The summed E-state index contributed by atoms with van der Waals surface area (Å²) in [7, 11) is 1.65. The van der Waals surface area contributed by atoms with E-state index in [1.165, 1.54) is 11.1 Å². The first-order valence-electron chi connectivity index (χ1n) is 11.6. The monoisotopic (exact) mass is 476 g/mol. The van der Waals surface area contributed by atoms with Crippen molar-refractivity contribution in [2.75, 3.05) is 13.6 Å². The molecule has 1 aliphatic carbocycles. The molecule has 4 rings (SSSR count). The fraction of sp³-hybridized carbons (Fsp3) is 0.296.